The van der Waals surface area contributed by atoms with Crippen LogP contribution in [0.25, 0.3) is 0 Å². The van der Waals surface area contributed by atoms with Gasteiger partial charge in [-0.25, -0.2) is 14.8 Å². The van der Waals surface area contributed by atoms with E-state index in [9.17, 15) is 9.59 Å². The number of nitrogens with zero attached hydrogens (tertiary/aromatic N) is 2. The van der Waals surface area contributed by atoms with E-state index in [0.717, 1.165) is 25.5 Å². The molecule has 0 aliphatic heterocycles. The quantitative estimate of drug-likeness (QED) is 0.722. The van der Waals surface area contributed by atoms with Gasteiger partial charge >= 0.3 is 5.97 Å². The number of aromatic carboxylic acids is 1. The summed E-state index contributed by atoms with van der Waals surface area (Å²) in [4.78, 5) is 29.4. The highest BCUT2D eigenvalue weighted by molar-refractivity contribution is 5.92. The van der Waals surface area contributed by atoms with Crippen LogP contribution >= 0.6 is 0 Å². The van der Waals surface area contributed by atoms with Crippen molar-refractivity contribution in [1.82, 2.24) is 15.3 Å². The van der Waals surface area contributed by atoms with Crippen LogP contribution in [0, 0.1) is 0 Å². The second-order valence-corrected chi connectivity index (χ2v) is 3.56. The van der Waals surface area contributed by atoms with Crippen LogP contribution in [0.2, 0.25) is 0 Å². The van der Waals surface area contributed by atoms with E-state index in [-0.39, 0.29) is 17.3 Å². The van der Waals surface area contributed by atoms with Gasteiger partial charge in [0.1, 0.15) is 5.69 Å². The lowest BCUT2D eigenvalue weighted by Crippen LogP contribution is -2.25. The summed E-state index contributed by atoms with van der Waals surface area (Å²) in [6, 6.07) is 0. The van der Waals surface area contributed by atoms with Crippen LogP contribution in [0.5, 0.6) is 0 Å². The van der Waals surface area contributed by atoms with Crippen molar-refractivity contribution >= 4 is 11.9 Å². The summed E-state index contributed by atoms with van der Waals surface area (Å²) in [7, 11) is 0. The number of rotatable bonds is 6. The summed E-state index contributed by atoms with van der Waals surface area (Å²) in [6.07, 6.45) is 5.30. The Balaban J connectivity index is 2.49. The molecule has 2 N–H and O–H groups in total. The minimum atomic E-state index is -1.16. The summed E-state index contributed by atoms with van der Waals surface area (Å²) in [6.45, 7) is 2.67. The van der Waals surface area contributed by atoms with Crippen LogP contribution < -0.4 is 5.32 Å². The molecule has 6 heteroatoms. The Morgan fingerprint density at radius 2 is 1.88 bits per heavy atom. The van der Waals surface area contributed by atoms with E-state index in [1.807, 2.05) is 0 Å². The fraction of sp³-hybridized carbons (Fsp3) is 0.455. The molecule has 0 unspecified atom stereocenters. The minimum Gasteiger partial charge on any atom is -0.476 e. The van der Waals surface area contributed by atoms with Crippen LogP contribution in [-0.2, 0) is 0 Å². The molecule has 0 fully saturated rings. The summed E-state index contributed by atoms with van der Waals surface area (Å²) in [5.41, 5.74) is -0.0426. The van der Waals surface area contributed by atoms with Crippen molar-refractivity contribution in [3.8, 4) is 0 Å². The molecule has 0 spiro atoms. The average Bonchev–Trinajstić information content (AvgIpc) is 2.34. The Kier molecular flexibility index (Phi) is 5.06. The van der Waals surface area contributed by atoms with Crippen molar-refractivity contribution in [2.45, 2.75) is 26.2 Å². The lowest BCUT2D eigenvalue weighted by atomic mass is 10.2. The van der Waals surface area contributed by atoms with E-state index in [1.54, 1.807) is 0 Å². The van der Waals surface area contributed by atoms with Crippen LogP contribution in [-0.4, -0.2) is 33.5 Å². The first-order chi connectivity index (χ1) is 8.15. The third kappa shape index (κ3) is 4.18. The van der Waals surface area contributed by atoms with Gasteiger partial charge in [-0.15, -0.1) is 0 Å². The van der Waals surface area contributed by atoms with Gasteiger partial charge in [-0.2, -0.15) is 0 Å². The SMILES string of the molecule is CCCCCNC(=O)c1cnc(C(=O)O)cn1. The Bertz CT molecular complexity index is 389. The van der Waals surface area contributed by atoms with Crippen molar-refractivity contribution in [2.75, 3.05) is 6.54 Å². The Hall–Kier alpha value is -1.98. The molecule has 1 rings (SSSR count). The fourth-order valence-corrected chi connectivity index (χ4v) is 1.22. The summed E-state index contributed by atoms with van der Waals surface area (Å²) < 4.78 is 0. The molecular weight excluding hydrogens is 222 g/mol. The highest BCUT2D eigenvalue weighted by Gasteiger charge is 2.09. The molecule has 92 valence electrons. The Morgan fingerprint density at radius 3 is 2.41 bits per heavy atom. The van der Waals surface area contributed by atoms with Crippen LogP contribution in [0.4, 0.5) is 0 Å². The molecule has 1 aromatic rings. The van der Waals surface area contributed by atoms with Crippen LogP contribution in [0.1, 0.15) is 47.2 Å². The van der Waals surface area contributed by atoms with Gasteiger partial charge < -0.3 is 10.4 Å². The Morgan fingerprint density at radius 1 is 1.24 bits per heavy atom. The van der Waals surface area contributed by atoms with Crippen molar-refractivity contribution < 1.29 is 14.7 Å². The molecule has 0 radical (unpaired) electrons. The molecule has 0 atom stereocenters. The third-order valence-corrected chi connectivity index (χ3v) is 2.17. The number of carboxylic acid groups (broad SMARTS) is 1. The lowest BCUT2D eigenvalue weighted by Gasteiger charge is -2.03. The second kappa shape index (κ2) is 6.57. The average molecular weight is 237 g/mol. The number of nitrogens with one attached hydrogen (secondary N) is 1. The first-order valence-electron chi connectivity index (χ1n) is 5.48. The van der Waals surface area contributed by atoms with E-state index in [2.05, 4.69) is 22.2 Å². The van der Waals surface area contributed by atoms with Crippen LogP contribution in [0.3, 0.4) is 0 Å². The molecule has 0 saturated heterocycles. The van der Waals surface area contributed by atoms with Crippen LogP contribution in [0.15, 0.2) is 12.4 Å². The van der Waals surface area contributed by atoms with Crippen molar-refractivity contribution in [2.24, 2.45) is 0 Å². The van der Waals surface area contributed by atoms with E-state index in [4.69, 9.17) is 5.11 Å². The molecule has 0 aliphatic carbocycles. The van der Waals surface area contributed by atoms with Crippen molar-refractivity contribution in [3.63, 3.8) is 0 Å². The summed E-state index contributed by atoms with van der Waals surface area (Å²) in [5, 5.41) is 11.3. The van der Waals surface area contributed by atoms with Gasteiger partial charge in [0.2, 0.25) is 0 Å². The van der Waals surface area contributed by atoms with Gasteiger partial charge in [0.25, 0.3) is 5.91 Å². The van der Waals surface area contributed by atoms with Gasteiger partial charge in [0.15, 0.2) is 5.69 Å². The molecule has 0 aliphatic rings. The van der Waals surface area contributed by atoms with Gasteiger partial charge in [-0.3, -0.25) is 4.79 Å². The topological polar surface area (TPSA) is 92.2 Å². The standard InChI is InChI=1S/C11H15N3O3/c1-2-3-4-5-12-10(15)8-6-14-9(7-13-8)11(16)17/h6-7H,2-5H2,1H3,(H,12,15)(H,16,17). The third-order valence-electron chi connectivity index (χ3n) is 2.17. The summed E-state index contributed by atoms with van der Waals surface area (Å²) in [5.74, 6) is -1.49. The number of unbranched alkanes of at least 4 members (excludes halogenated alkanes) is 2. The number of aromatic nitrogens is 2. The highest BCUT2D eigenvalue weighted by atomic mass is 16.4. The van der Waals surface area contributed by atoms with E-state index in [0.29, 0.717) is 6.54 Å². The molecule has 1 heterocycles. The van der Waals surface area contributed by atoms with Crippen molar-refractivity contribution in [1.29, 1.82) is 0 Å². The normalized spacial score (nSPS) is 9.94. The summed E-state index contributed by atoms with van der Waals surface area (Å²) >= 11 is 0. The number of hydrogen-bond acceptors (Lipinski definition) is 4. The van der Waals surface area contributed by atoms with E-state index >= 15 is 0 Å². The smallest absolute Gasteiger partial charge is 0.356 e. The van der Waals surface area contributed by atoms with Gasteiger partial charge in [-0.05, 0) is 6.42 Å². The molecule has 17 heavy (non-hydrogen) atoms. The number of carbonyl (C=O) groups excluding carboxylic acids is 1. The zero-order valence-electron chi connectivity index (χ0n) is 9.64. The zero-order valence-corrected chi connectivity index (χ0v) is 9.64. The van der Waals surface area contributed by atoms with Crippen molar-refractivity contribution in [3.05, 3.63) is 23.8 Å². The minimum absolute atomic E-state index is 0.131. The molecule has 1 amide bonds. The molecule has 0 bridgehead atoms. The largest absolute Gasteiger partial charge is 0.476 e. The predicted octanol–water partition coefficient (Wildman–Crippen LogP) is 1.09. The monoisotopic (exact) mass is 237 g/mol. The molecule has 6 nitrogen and oxygen atoms in total. The number of amides is 1. The number of carbonyl (C=O) groups is 2. The molecular formula is C11H15N3O3. The zero-order chi connectivity index (χ0) is 12.7. The maximum atomic E-state index is 11.5. The first kappa shape index (κ1) is 13.1. The first-order valence-corrected chi connectivity index (χ1v) is 5.48. The molecule has 0 saturated carbocycles. The highest BCUT2D eigenvalue weighted by Crippen LogP contribution is 1.97. The second-order valence-electron chi connectivity index (χ2n) is 3.56. The van der Waals surface area contributed by atoms with E-state index < -0.39 is 5.97 Å². The maximum Gasteiger partial charge on any atom is 0.356 e. The Labute approximate surface area is 99.1 Å². The fourth-order valence-electron chi connectivity index (χ4n) is 1.22. The number of hydrogen-bond donors (Lipinski definition) is 2. The van der Waals surface area contributed by atoms with Gasteiger partial charge in [0.05, 0.1) is 12.4 Å². The molecule has 0 aromatic carbocycles. The number of carboxylic acids is 1. The van der Waals surface area contributed by atoms with Gasteiger partial charge in [-0.1, -0.05) is 19.8 Å². The predicted molar refractivity (Wildman–Crippen MR) is 60.8 cm³/mol. The lowest BCUT2D eigenvalue weighted by molar-refractivity contribution is 0.0689. The van der Waals surface area contributed by atoms with E-state index in [1.165, 1.54) is 6.20 Å². The maximum absolute atomic E-state index is 11.5. The van der Waals surface area contributed by atoms with Gasteiger partial charge in [0, 0.05) is 6.54 Å². The molecule has 1 aromatic heterocycles.